The largest absolute Gasteiger partial charge is 0.508 e. The normalized spacial score (nSPS) is 23.9. The van der Waals surface area contributed by atoms with Crippen molar-refractivity contribution in [2.75, 3.05) is 7.11 Å². The number of hydrogen-bond acceptors (Lipinski definition) is 3. The molecule has 1 N–H and O–H groups in total. The van der Waals surface area contributed by atoms with E-state index in [-0.39, 0.29) is 5.76 Å². The average Bonchev–Trinajstić information content (AvgIpc) is 2.34. The summed E-state index contributed by atoms with van der Waals surface area (Å²) in [7, 11) is 1.59. The summed E-state index contributed by atoms with van der Waals surface area (Å²) in [4.78, 5) is 0. The zero-order valence-corrected chi connectivity index (χ0v) is 9.09. The molecular formula is C13H14O3. The Morgan fingerprint density at radius 3 is 2.56 bits per heavy atom. The van der Waals surface area contributed by atoms with Crippen molar-refractivity contribution in [3.8, 4) is 5.75 Å². The molecule has 0 aromatic heterocycles. The van der Waals surface area contributed by atoms with E-state index >= 15 is 0 Å². The molecule has 0 amide bonds. The highest BCUT2D eigenvalue weighted by Crippen LogP contribution is 2.27. The van der Waals surface area contributed by atoms with Crippen molar-refractivity contribution in [2.45, 2.75) is 12.2 Å². The third-order valence-electron chi connectivity index (χ3n) is 2.48. The number of hydrogen-bond donors (Lipinski definition) is 1. The first-order chi connectivity index (χ1) is 7.74. The molecule has 0 saturated heterocycles. The number of benzene rings is 1. The molecule has 0 radical (unpaired) electrons. The van der Waals surface area contributed by atoms with Crippen molar-refractivity contribution in [3.05, 3.63) is 54.3 Å². The zero-order chi connectivity index (χ0) is 11.4. The third-order valence-corrected chi connectivity index (χ3v) is 2.48. The van der Waals surface area contributed by atoms with Crippen molar-refractivity contribution in [3.63, 3.8) is 0 Å². The van der Waals surface area contributed by atoms with Crippen LogP contribution in [-0.4, -0.2) is 18.0 Å². The molecule has 1 aliphatic rings. The first kappa shape index (κ1) is 10.8. The van der Waals surface area contributed by atoms with E-state index < -0.39 is 5.79 Å². The minimum atomic E-state index is -0.812. The molecule has 0 heterocycles. The van der Waals surface area contributed by atoms with Gasteiger partial charge in [-0.3, -0.25) is 0 Å². The Morgan fingerprint density at radius 2 is 2.00 bits per heavy atom. The van der Waals surface area contributed by atoms with Gasteiger partial charge in [0.15, 0.2) is 0 Å². The summed E-state index contributed by atoms with van der Waals surface area (Å²) in [5.41, 5.74) is 0. The second-order valence-corrected chi connectivity index (χ2v) is 3.60. The molecule has 1 aliphatic carbocycles. The van der Waals surface area contributed by atoms with Gasteiger partial charge in [0.05, 0.1) is 0 Å². The van der Waals surface area contributed by atoms with Crippen LogP contribution >= 0.6 is 0 Å². The average molecular weight is 218 g/mol. The van der Waals surface area contributed by atoms with Crippen LogP contribution < -0.4 is 4.74 Å². The summed E-state index contributed by atoms with van der Waals surface area (Å²) in [6.45, 7) is 0. The van der Waals surface area contributed by atoms with E-state index in [4.69, 9.17) is 9.47 Å². The van der Waals surface area contributed by atoms with Gasteiger partial charge in [0.25, 0.3) is 0 Å². The van der Waals surface area contributed by atoms with Gasteiger partial charge in [-0.1, -0.05) is 18.2 Å². The molecule has 1 atom stereocenters. The highest BCUT2D eigenvalue weighted by Gasteiger charge is 2.30. The van der Waals surface area contributed by atoms with E-state index in [2.05, 4.69) is 0 Å². The SMILES string of the molecule is COC1(Oc2ccccc2)C=CC(O)=CC1. The molecule has 0 saturated carbocycles. The third kappa shape index (κ3) is 2.25. The maximum Gasteiger partial charge on any atom is 0.234 e. The van der Waals surface area contributed by atoms with Crippen molar-refractivity contribution in [2.24, 2.45) is 0 Å². The van der Waals surface area contributed by atoms with E-state index in [9.17, 15) is 5.11 Å². The van der Waals surface area contributed by atoms with Crippen molar-refractivity contribution < 1.29 is 14.6 Å². The number of aliphatic hydroxyl groups excluding tert-OH is 1. The lowest BCUT2D eigenvalue weighted by molar-refractivity contribution is -0.123. The van der Waals surface area contributed by atoms with E-state index in [1.807, 2.05) is 30.3 Å². The van der Waals surface area contributed by atoms with Gasteiger partial charge < -0.3 is 14.6 Å². The lowest BCUT2D eigenvalue weighted by Gasteiger charge is -2.30. The molecule has 3 nitrogen and oxygen atoms in total. The molecule has 1 aromatic carbocycles. The van der Waals surface area contributed by atoms with Crippen LogP contribution in [0.15, 0.2) is 54.3 Å². The maximum absolute atomic E-state index is 9.27. The van der Waals surface area contributed by atoms with Crippen molar-refractivity contribution in [1.29, 1.82) is 0 Å². The van der Waals surface area contributed by atoms with Crippen molar-refractivity contribution >= 4 is 0 Å². The Labute approximate surface area is 94.6 Å². The van der Waals surface area contributed by atoms with E-state index in [0.29, 0.717) is 6.42 Å². The summed E-state index contributed by atoms with van der Waals surface area (Å²) in [5.74, 6) is 0.168. The van der Waals surface area contributed by atoms with Crippen LogP contribution in [0.1, 0.15) is 6.42 Å². The van der Waals surface area contributed by atoms with Crippen LogP contribution in [0, 0.1) is 0 Å². The first-order valence-electron chi connectivity index (χ1n) is 5.12. The summed E-state index contributed by atoms with van der Waals surface area (Å²) in [6.07, 6.45) is 5.46. The minimum absolute atomic E-state index is 0.240. The van der Waals surface area contributed by atoms with Crippen LogP contribution in [-0.2, 0) is 4.74 Å². The number of ether oxygens (including phenoxy) is 2. The fourth-order valence-corrected chi connectivity index (χ4v) is 1.55. The second-order valence-electron chi connectivity index (χ2n) is 3.60. The van der Waals surface area contributed by atoms with Gasteiger partial charge in [-0.25, -0.2) is 0 Å². The van der Waals surface area contributed by atoms with Gasteiger partial charge in [0.2, 0.25) is 5.79 Å². The van der Waals surface area contributed by atoms with Crippen molar-refractivity contribution in [1.82, 2.24) is 0 Å². The van der Waals surface area contributed by atoms with Gasteiger partial charge in [-0.15, -0.1) is 0 Å². The lowest BCUT2D eigenvalue weighted by atomic mass is 10.1. The molecule has 16 heavy (non-hydrogen) atoms. The summed E-state index contributed by atoms with van der Waals surface area (Å²) >= 11 is 0. The molecule has 84 valence electrons. The number of allylic oxidation sites excluding steroid dienone is 1. The fraction of sp³-hybridized carbons (Fsp3) is 0.231. The second kappa shape index (κ2) is 4.41. The minimum Gasteiger partial charge on any atom is -0.508 e. The smallest absolute Gasteiger partial charge is 0.234 e. The first-order valence-corrected chi connectivity index (χ1v) is 5.12. The van der Waals surface area contributed by atoms with Gasteiger partial charge >= 0.3 is 0 Å². The molecule has 0 bridgehead atoms. The summed E-state index contributed by atoms with van der Waals surface area (Å²) < 4.78 is 11.1. The molecule has 1 unspecified atom stereocenters. The highest BCUT2D eigenvalue weighted by atomic mass is 16.7. The predicted molar refractivity (Wildman–Crippen MR) is 61.3 cm³/mol. The van der Waals surface area contributed by atoms with Crippen LogP contribution in [0.5, 0.6) is 5.75 Å². The standard InChI is InChI=1S/C13H14O3/c1-15-13(9-7-11(14)8-10-13)16-12-5-3-2-4-6-12/h2-9,14H,10H2,1H3. The van der Waals surface area contributed by atoms with Crippen LogP contribution in [0.3, 0.4) is 0 Å². The number of aliphatic hydroxyl groups is 1. The zero-order valence-electron chi connectivity index (χ0n) is 9.09. The van der Waals surface area contributed by atoms with Gasteiger partial charge in [0, 0.05) is 13.5 Å². The van der Waals surface area contributed by atoms with E-state index in [1.54, 1.807) is 25.3 Å². The maximum atomic E-state index is 9.27. The van der Waals surface area contributed by atoms with Crippen LogP contribution in [0.2, 0.25) is 0 Å². The molecule has 2 rings (SSSR count). The number of para-hydroxylation sites is 1. The predicted octanol–water partition coefficient (Wildman–Crippen LogP) is 2.81. The van der Waals surface area contributed by atoms with Gasteiger partial charge in [-0.2, -0.15) is 0 Å². The van der Waals surface area contributed by atoms with E-state index in [1.165, 1.54) is 0 Å². The number of rotatable bonds is 3. The van der Waals surface area contributed by atoms with Gasteiger partial charge in [0.1, 0.15) is 11.5 Å². The molecular weight excluding hydrogens is 204 g/mol. The monoisotopic (exact) mass is 218 g/mol. The Morgan fingerprint density at radius 1 is 1.25 bits per heavy atom. The summed E-state index contributed by atoms with van der Waals surface area (Å²) in [5, 5.41) is 9.27. The topological polar surface area (TPSA) is 38.7 Å². The Balaban J connectivity index is 2.16. The van der Waals surface area contributed by atoms with Crippen LogP contribution in [0.25, 0.3) is 0 Å². The fourth-order valence-electron chi connectivity index (χ4n) is 1.55. The molecule has 0 aliphatic heterocycles. The molecule has 0 fully saturated rings. The van der Waals surface area contributed by atoms with Crippen LogP contribution in [0.4, 0.5) is 0 Å². The number of methoxy groups -OCH3 is 1. The quantitative estimate of drug-likeness (QED) is 0.793. The Bertz CT molecular complexity index is 408. The molecule has 0 spiro atoms. The van der Waals surface area contributed by atoms with E-state index in [0.717, 1.165) is 5.75 Å². The Kier molecular flexibility index (Phi) is 2.97. The Hall–Kier alpha value is -1.74. The molecule has 1 aromatic rings. The molecule has 3 heteroatoms. The summed E-state index contributed by atoms with van der Waals surface area (Å²) in [6, 6.07) is 9.46. The highest BCUT2D eigenvalue weighted by molar-refractivity contribution is 5.26. The van der Waals surface area contributed by atoms with Gasteiger partial charge in [-0.05, 0) is 30.4 Å². The lowest BCUT2D eigenvalue weighted by Crippen LogP contribution is -2.36.